The zero-order valence-corrected chi connectivity index (χ0v) is 10.5. The molecule has 0 aromatic heterocycles. The summed E-state index contributed by atoms with van der Waals surface area (Å²) in [7, 11) is 0. The van der Waals surface area contributed by atoms with Gasteiger partial charge in [-0.25, -0.2) is 0 Å². The summed E-state index contributed by atoms with van der Waals surface area (Å²) in [5, 5.41) is 3.46. The molecule has 0 aromatic rings. The fraction of sp³-hybridized carbons (Fsp3) is 0.571. The van der Waals surface area contributed by atoms with Crippen molar-refractivity contribution in [3.05, 3.63) is 36.0 Å². The molecular weight excluding hydrogens is 182 g/mol. The Kier molecular flexibility index (Phi) is 9.19. The van der Waals surface area contributed by atoms with Crippen molar-refractivity contribution in [3.8, 4) is 0 Å². The minimum Gasteiger partial charge on any atom is -0.313 e. The van der Waals surface area contributed by atoms with E-state index in [1.807, 2.05) is 12.2 Å². The number of nitrogens with one attached hydrogen (secondary N) is 1. The van der Waals surface area contributed by atoms with E-state index in [0.29, 0.717) is 0 Å². The smallest absolute Gasteiger partial charge is 0.0167 e. The molecule has 0 aromatic carbocycles. The molecule has 0 radical (unpaired) electrons. The molecule has 0 rings (SSSR count). The van der Waals surface area contributed by atoms with Crippen LogP contribution in [0, 0.1) is 0 Å². The number of hydrogen-bond acceptors (Lipinski definition) is 1. The lowest BCUT2D eigenvalue weighted by molar-refractivity contribution is 0.638. The summed E-state index contributed by atoms with van der Waals surface area (Å²) in [5.74, 6) is 0. The Morgan fingerprint density at radius 2 is 2.00 bits per heavy atom. The monoisotopic (exact) mass is 207 g/mol. The number of unbranched alkanes of at least 4 members (excludes halogenated alkanes) is 2. The molecule has 0 saturated heterocycles. The molecule has 0 aliphatic carbocycles. The van der Waals surface area contributed by atoms with E-state index in [2.05, 4.69) is 38.7 Å². The third kappa shape index (κ3) is 8.19. The Balaban J connectivity index is 3.75. The molecule has 0 fully saturated rings. The average molecular weight is 207 g/mol. The van der Waals surface area contributed by atoms with Gasteiger partial charge in [-0.05, 0) is 26.8 Å². The maximum Gasteiger partial charge on any atom is 0.0167 e. The highest BCUT2D eigenvalue weighted by atomic mass is 14.8. The van der Waals surface area contributed by atoms with Gasteiger partial charge in [-0.3, -0.25) is 0 Å². The van der Waals surface area contributed by atoms with Gasteiger partial charge in [0.25, 0.3) is 0 Å². The number of rotatable bonds is 8. The first-order chi connectivity index (χ1) is 7.22. The first-order valence-corrected chi connectivity index (χ1v) is 5.88. The lowest BCUT2D eigenvalue weighted by Crippen LogP contribution is -2.17. The Bertz CT molecular complexity index is 223. The van der Waals surface area contributed by atoms with Crippen LogP contribution in [-0.4, -0.2) is 13.1 Å². The van der Waals surface area contributed by atoms with Gasteiger partial charge < -0.3 is 5.32 Å². The van der Waals surface area contributed by atoms with E-state index in [9.17, 15) is 0 Å². The average Bonchev–Trinajstić information content (AvgIpc) is 2.25. The molecule has 0 atom stereocenters. The van der Waals surface area contributed by atoms with Crippen molar-refractivity contribution in [2.24, 2.45) is 0 Å². The van der Waals surface area contributed by atoms with Crippen LogP contribution < -0.4 is 5.32 Å². The second-order valence-corrected chi connectivity index (χ2v) is 3.94. The predicted molar refractivity (Wildman–Crippen MR) is 70.1 cm³/mol. The second kappa shape index (κ2) is 9.72. The maximum atomic E-state index is 3.66. The Hall–Kier alpha value is -0.820. The predicted octanol–water partition coefficient (Wildman–Crippen LogP) is 3.84. The molecule has 0 saturated carbocycles. The Labute approximate surface area is 95.0 Å². The van der Waals surface area contributed by atoms with Crippen molar-refractivity contribution in [1.82, 2.24) is 5.32 Å². The van der Waals surface area contributed by atoms with Crippen molar-refractivity contribution in [3.63, 3.8) is 0 Å². The van der Waals surface area contributed by atoms with Crippen LogP contribution in [0.1, 0.15) is 40.0 Å². The maximum absolute atomic E-state index is 3.66. The molecule has 0 spiro atoms. The topological polar surface area (TPSA) is 12.0 Å². The minimum absolute atomic E-state index is 0.997. The van der Waals surface area contributed by atoms with E-state index >= 15 is 0 Å². The molecule has 1 heteroatoms. The van der Waals surface area contributed by atoms with Crippen LogP contribution in [0.25, 0.3) is 0 Å². The lowest BCUT2D eigenvalue weighted by atomic mass is 10.1. The van der Waals surface area contributed by atoms with Crippen LogP contribution in [0.2, 0.25) is 0 Å². The molecule has 0 aliphatic rings. The third-order valence-corrected chi connectivity index (χ3v) is 2.50. The highest BCUT2D eigenvalue weighted by Crippen LogP contribution is 2.03. The van der Waals surface area contributed by atoms with Gasteiger partial charge in [0.1, 0.15) is 0 Å². The van der Waals surface area contributed by atoms with Gasteiger partial charge in [-0.1, -0.05) is 55.7 Å². The summed E-state index contributed by atoms with van der Waals surface area (Å²) < 4.78 is 0. The number of allylic oxidation sites excluding steroid dienone is 4. The van der Waals surface area contributed by atoms with Crippen LogP contribution in [0.15, 0.2) is 36.0 Å². The van der Waals surface area contributed by atoms with Gasteiger partial charge in [0, 0.05) is 6.54 Å². The summed E-state index contributed by atoms with van der Waals surface area (Å²) in [6.07, 6.45) is 9.80. The van der Waals surface area contributed by atoms with Gasteiger partial charge >= 0.3 is 0 Å². The highest BCUT2D eigenvalue weighted by Gasteiger charge is 1.93. The van der Waals surface area contributed by atoms with Crippen LogP contribution >= 0.6 is 0 Å². The Morgan fingerprint density at radius 3 is 2.60 bits per heavy atom. The summed E-state index contributed by atoms with van der Waals surface area (Å²) in [6.45, 7) is 12.3. The first-order valence-electron chi connectivity index (χ1n) is 5.88. The zero-order valence-electron chi connectivity index (χ0n) is 10.5. The molecule has 0 aliphatic heterocycles. The molecule has 86 valence electrons. The van der Waals surface area contributed by atoms with Gasteiger partial charge in [-0.15, -0.1) is 0 Å². The van der Waals surface area contributed by atoms with Crippen LogP contribution in [0.5, 0.6) is 0 Å². The zero-order chi connectivity index (χ0) is 11.5. The number of hydrogen-bond donors (Lipinski definition) is 1. The van der Waals surface area contributed by atoms with Crippen LogP contribution in [0.3, 0.4) is 0 Å². The van der Waals surface area contributed by atoms with Crippen molar-refractivity contribution >= 4 is 0 Å². The summed E-state index contributed by atoms with van der Waals surface area (Å²) >= 11 is 0. The minimum atomic E-state index is 0.997. The van der Waals surface area contributed by atoms with E-state index in [1.165, 1.54) is 30.4 Å². The van der Waals surface area contributed by atoms with E-state index in [1.54, 1.807) is 0 Å². The van der Waals surface area contributed by atoms with Crippen molar-refractivity contribution in [2.45, 2.75) is 40.0 Å². The SMILES string of the molecule is C=C/C=C\C(C)=C(/C)CNCCCCC. The summed E-state index contributed by atoms with van der Waals surface area (Å²) in [6, 6.07) is 0. The normalized spacial score (nSPS) is 13.0. The summed E-state index contributed by atoms with van der Waals surface area (Å²) in [5.41, 5.74) is 2.74. The standard InChI is InChI=1S/C14H25N/c1-5-7-9-11-15-12-14(4)13(3)10-8-6-2/h6,8,10,15H,2,5,7,9,11-12H2,1,3-4H3/b10-8-,14-13+. The quantitative estimate of drug-likeness (QED) is 0.471. The van der Waals surface area contributed by atoms with Crippen molar-refractivity contribution in [1.29, 1.82) is 0 Å². The molecular formula is C14H25N. The molecule has 15 heavy (non-hydrogen) atoms. The van der Waals surface area contributed by atoms with Gasteiger partial charge in [0.05, 0.1) is 0 Å². The van der Waals surface area contributed by atoms with Crippen molar-refractivity contribution in [2.75, 3.05) is 13.1 Å². The molecule has 1 N–H and O–H groups in total. The molecule has 0 unspecified atom stereocenters. The molecule has 1 nitrogen and oxygen atoms in total. The van der Waals surface area contributed by atoms with Crippen LogP contribution in [-0.2, 0) is 0 Å². The molecule has 0 bridgehead atoms. The van der Waals surface area contributed by atoms with E-state index < -0.39 is 0 Å². The van der Waals surface area contributed by atoms with Gasteiger partial charge in [0.2, 0.25) is 0 Å². The van der Waals surface area contributed by atoms with Crippen LogP contribution in [0.4, 0.5) is 0 Å². The van der Waals surface area contributed by atoms with Crippen molar-refractivity contribution < 1.29 is 0 Å². The molecule has 0 heterocycles. The Morgan fingerprint density at radius 1 is 1.27 bits per heavy atom. The largest absolute Gasteiger partial charge is 0.313 e. The van der Waals surface area contributed by atoms with E-state index in [4.69, 9.17) is 0 Å². The highest BCUT2D eigenvalue weighted by molar-refractivity contribution is 5.25. The third-order valence-electron chi connectivity index (χ3n) is 2.50. The first kappa shape index (κ1) is 14.2. The molecule has 0 amide bonds. The van der Waals surface area contributed by atoms with E-state index in [-0.39, 0.29) is 0 Å². The fourth-order valence-corrected chi connectivity index (χ4v) is 1.27. The van der Waals surface area contributed by atoms with Gasteiger partial charge in [-0.2, -0.15) is 0 Å². The fourth-order valence-electron chi connectivity index (χ4n) is 1.27. The van der Waals surface area contributed by atoms with E-state index in [0.717, 1.165) is 13.1 Å². The van der Waals surface area contributed by atoms with Gasteiger partial charge in [0.15, 0.2) is 0 Å². The second-order valence-electron chi connectivity index (χ2n) is 3.94. The lowest BCUT2D eigenvalue weighted by Gasteiger charge is -2.06. The summed E-state index contributed by atoms with van der Waals surface area (Å²) in [4.78, 5) is 0.